The summed E-state index contributed by atoms with van der Waals surface area (Å²) in [5, 5.41) is 3.00. The van der Waals surface area contributed by atoms with Gasteiger partial charge < -0.3 is 14.8 Å². The Hall–Kier alpha value is -0.810. The standard InChI is InChI=1S/C10H17NO4.ClH/c1-3-14-9(12)7-5-11-6-8(7)10(13)15-4-2;/h7-8,11H,3-6H2,1-2H3;1H/t7-,8-;/m1./s1. The van der Waals surface area contributed by atoms with E-state index in [-0.39, 0.29) is 24.3 Å². The van der Waals surface area contributed by atoms with Crippen LogP contribution >= 0.6 is 12.4 Å². The van der Waals surface area contributed by atoms with E-state index < -0.39 is 11.8 Å². The summed E-state index contributed by atoms with van der Waals surface area (Å²) in [4.78, 5) is 23.0. The normalized spacial score (nSPS) is 23.4. The first-order valence-corrected chi connectivity index (χ1v) is 5.24. The van der Waals surface area contributed by atoms with Crippen LogP contribution in [0, 0.1) is 11.8 Å². The molecule has 1 N–H and O–H groups in total. The molecule has 1 fully saturated rings. The third-order valence-corrected chi connectivity index (χ3v) is 2.39. The Morgan fingerprint density at radius 3 is 1.75 bits per heavy atom. The van der Waals surface area contributed by atoms with E-state index in [0.29, 0.717) is 26.3 Å². The number of esters is 2. The molecule has 1 rings (SSSR count). The molecule has 0 unspecified atom stereocenters. The van der Waals surface area contributed by atoms with Crippen LogP contribution in [0.25, 0.3) is 0 Å². The highest BCUT2D eigenvalue weighted by Gasteiger charge is 2.39. The third-order valence-electron chi connectivity index (χ3n) is 2.39. The summed E-state index contributed by atoms with van der Waals surface area (Å²) in [7, 11) is 0. The summed E-state index contributed by atoms with van der Waals surface area (Å²) in [5.74, 6) is -1.44. The molecule has 0 spiro atoms. The summed E-state index contributed by atoms with van der Waals surface area (Å²) < 4.78 is 9.80. The van der Waals surface area contributed by atoms with E-state index in [9.17, 15) is 9.59 Å². The fourth-order valence-corrected chi connectivity index (χ4v) is 1.67. The minimum Gasteiger partial charge on any atom is -0.466 e. The van der Waals surface area contributed by atoms with E-state index in [4.69, 9.17) is 9.47 Å². The quantitative estimate of drug-likeness (QED) is 0.732. The van der Waals surface area contributed by atoms with Gasteiger partial charge in [-0.1, -0.05) is 0 Å². The van der Waals surface area contributed by atoms with Crippen molar-refractivity contribution in [2.24, 2.45) is 11.8 Å². The summed E-state index contributed by atoms with van der Waals surface area (Å²) in [5.41, 5.74) is 0. The van der Waals surface area contributed by atoms with Crippen molar-refractivity contribution in [3.63, 3.8) is 0 Å². The average Bonchev–Trinajstić information content (AvgIpc) is 2.66. The lowest BCUT2D eigenvalue weighted by molar-refractivity contribution is -0.157. The van der Waals surface area contributed by atoms with Crippen molar-refractivity contribution < 1.29 is 19.1 Å². The molecule has 0 saturated carbocycles. The predicted octanol–water partition coefficient (Wildman–Crippen LogP) is 0.370. The van der Waals surface area contributed by atoms with Crippen LogP contribution in [-0.4, -0.2) is 38.2 Å². The Balaban J connectivity index is 0.00000225. The first-order chi connectivity index (χ1) is 7.20. The Kier molecular flexibility index (Phi) is 7.08. The molecule has 0 amide bonds. The Labute approximate surface area is 101 Å². The zero-order chi connectivity index (χ0) is 11.3. The lowest BCUT2D eigenvalue weighted by atomic mass is 9.96. The SMILES string of the molecule is CCOC(=O)[C@@H]1CNC[C@H]1C(=O)OCC.Cl. The molecular formula is C10H18ClNO4. The third kappa shape index (κ3) is 3.64. The van der Waals surface area contributed by atoms with Crippen molar-refractivity contribution in [2.45, 2.75) is 13.8 Å². The highest BCUT2D eigenvalue weighted by Crippen LogP contribution is 2.19. The zero-order valence-corrected chi connectivity index (χ0v) is 10.3. The Morgan fingerprint density at radius 1 is 1.06 bits per heavy atom. The van der Waals surface area contributed by atoms with E-state index in [1.807, 2.05) is 0 Å². The molecule has 0 aromatic heterocycles. The molecule has 1 saturated heterocycles. The summed E-state index contributed by atoms with van der Waals surface area (Å²) in [6, 6.07) is 0. The summed E-state index contributed by atoms with van der Waals surface area (Å²) in [6.45, 7) is 5.15. The van der Waals surface area contributed by atoms with Crippen molar-refractivity contribution in [1.82, 2.24) is 5.32 Å². The van der Waals surface area contributed by atoms with Crippen molar-refractivity contribution in [1.29, 1.82) is 0 Å². The smallest absolute Gasteiger partial charge is 0.311 e. The predicted molar refractivity (Wildman–Crippen MR) is 60.4 cm³/mol. The van der Waals surface area contributed by atoms with Gasteiger partial charge in [0, 0.05) is 13.1 Å². The van der Waals surface area contributed by atoms with Gasteiger partial charge in [-0.05, 0) is 13.8 Å². The largest absolute Gasteiger partial charge is 0.466 e. The van der Waals surface area contributed by atoms with Crippen LogP contribution < -0.4 is 5.32 Å². The number of nitrogens with one attached hydrogen (secondary N) is 1. The van der Waals surface area contributed by atoms with E-state index >= 15 is 0 Å². The molecule has 0 aliphatic carbocycles. The van der Waals surface area contributed by atoms with E-state index in [0.717, 1.165) is 0 Å². The van der Waals surface area contributed by atoms with Gasteiger partial charge in [0.05, 0.1) is 25.0 Å². The number of halogens is 1. The number of ether oxygens (including phenoxy) is 2. The zero-order valence-electron chi connectivity index (χ0n) is 9.52. The topological polar surface area (TPSA) is 64.6 Å². The summed E-state index contributed by atoms with van der Waals surface area (Å²) in [6.07, 6.45) is 0. The van der Waals surface area contributed by atoms with Gasteiger partial charge in [-0.25, -0.2) is 0 Å². The molecule has 0 bridgehead atoms. The van der Waals surface area contributed by atoms with Crippen LogP contribution in [0.1, 0.15) is 13.8 Å². The molecule has 2 atom stereocenters. The van der Waals surface area contributed by atoms with Crippen LogP contribution in [0.2, 0.25) is 0 Å². The van der Waals surface area contributed by atoms with Gasteiger partial charge in [-0.15, -0.1) is 12.4 Å². The fraction of sp³-hybridized carbons (Fsp3) is 0.800. The van der Waals surface area contributed by atoms with E-state index in [1.54, 1.807) is 13.8 Å². The monoisotopic (exact) mass is 251 g/mol. The van der Waals surface area contributed by atoms with Gasteiger partial charge in [-0.3, -0.25) is 9.59 Å². The molecule has 1 aliphatic heterocycles. The van der Waals surface area contributed by atoms with Crippen molar-refractivity contribution in [3.8, 4) is 0 Å². The highest BCUT2D eigenvalue weighted by molar-refractivity contribution is 5.85. The van der Waals surface area contributed by atoms with Gasteiger partial charge in [0.1, 0.15) is 0 Å². The molecule has 6 heteroatoms. The van der Waals surface area contributed by atoms with Crippen molar-refractivity contribution >= 4 is 24.3 Å². The number of hydrogen-bond donors (Lipinski definition) is 1. The number of carbonyl (C=O) groups is 2. The Bertz CT molecular complexity index is 223. The minimum absolute atomic E-state index is 0. The van der Waals surface area contributed by atoms with Crippen LogP contribution in [0.3, 0.4) is 0 Å². The lowest BCUT2D eigenvalue weighted by Gasteiger charge is -2.15. The lowest BCUT2D eigenvalue weighted by Crippen LogP contribution is -2.31. The molecule has 5 nitrogen and oxygen atoms in total. The van der Waals surface area contributed by atoms with Crippen LogP contribution in [0.5, 0.6) is 0 Å². The second kappa shape index (κ2) is 7.46. The van der Waals surface area contributed by atoms with E-state index in [1.165, 1.54) is 0 Å². The highest BCUT2D eigenvalue weighted by atomic mass is 35.5. The molecule has 0 aromatic carbocycles. The average molecular weight is 252 g/mol. The van der Waals surface area contributed by atoms with Gasteiger partial charge in [0.2, 0.25) is 0 Å². The van der Waals surface area contributed by atoms with Gasteiger partial charge in [0.15, 0.2) is 0 Å². The first-order valence-electron chi connectivity index (χ1n) is 5.24. The van der Waals surface area contributed by atoms with Gasteiger partial charge >= 0.3 is 11.9 Å². The van der Waals surface area contributed by atoms with Crippen LogP contribution in [-0.2, 0) is 19.1 Å². The second-order valence-corrected chi connectivity index (χ2v) is 3.38. The Morgan fingerprint density at radius 2 is 1.44 bits per heavy atom. The maximum Gasteiger partial charge on any atom is 0.311 e. The van der Waals surface area contributed by atoms with Gasteiger partial charge in [-0.2, -0.15) is 0 Å². The molecule has 1 heterocycles. The van der Waals surface area contributed by atoms with Crippen LogP contribution in [0.4, 0.5) is 0 Å². The minimum atomic E-state index is -0.399. The second-order valence-electron chi connectivity index (χ2n) is 3.38. The molecule has 0 radical (unpaired) electrons. The molecule has 16 heavy (non-hydrogen) atoms. The van der Waals surface area contributed by atoms with Crippen molar-refractivity contribution in [3.05, 3.63) is 0 Å². The molecular weight excluding hydrogens is 234 g/mol. The molecule has 94 valence electrons. The van der Waals surface area contributed by atoms with E-state index in [2.05, 4.69) is 5.32 Å². The van der Waals surface area contributed by atoms with Crippen LogP contribution in [0.15, 0.2) is 0 Å². The number of hydrogen-bond acceptors (Lipinski definition) is 5. The number of carbonyl (C=O) groups excluding carboxylic acids is 2. The number of rotatable bonds is 4. The maximum absolute atomic E-state index is 11.5. The summed E-state index contributed by atoms with van der Waals surface area (Å²) >= 11 is 0. The first kappa shape index (κ1) is 15.2. The van der Waals surface area contributed by atoms with Gasteiger partial charge in [0.25, 0.3) is 0 Å². The fourth-order valence-electron chi connectivity index (χ4n) is 1.67. The molecule has 0 aromatic rings. The molecule has 1 aliphatic rings. The maximum atomic E-state index is 11.5. The van der Waals surface area contributed by atoms with Crippen molar-refractivity contribution in [2.75, 3.05) is 26.3 Å².